The van der Waals surface area contributed by atoms with Crippen molar-refractivity contribution in [2.45, 2.75) is 19.8 Å². The first-order chi connectivity index (χ1) is 7.88. The predicted molar refractivity (Wildman–Crippen MR) is 58.2 cm³/mol. The van der Waals surface area contributed by atoms with Crippen LogP contribution in [-0.4, -0.2) is 26.8 Å². The third-order valence-electron chi connectivity index (χ3n) is 2.73. The Balaban J connectivity index is 2.11. The Morgan fingerprint density at radius 2 is 2.19 bits per heavy atom. The van der Waals surface area contributed by atoms with Crippen LogP contribution in [-0.2, 0) is 12.8 Å². The number of nitrogens with zero attached hydrogens (tertiary/aromatic N) is 3. The summed E-state index contributed by atoms with van der Waals surface area (Å²) >= 11 is 0. The minimum Gasteiger partial charge on any atom is -0.464 e. The Labute approximate surface area is 92.9 Å². The number of ether oxygens (including phenoxy) is 1. The van der Waals surface area contributed by atoms with Crippen LogP contribution in [0.4, 0.5) is 0 Å². The van der Waals surface area contributed by atoms with E-state index in [9.17, 15) is 0 Å². The Kier molecular flexibility index (Phi) is 2.09. The molecule has 1 N–H and O–H groups in total. The van der Waals surface area contributed by atoms with Crippen LogP contribution in [0.1, 0.15) is 18.1 Å². The van der Waals surface area contributed by atoms with Crippen molar-refractivity contribution in [2.24, 2.45) is 0 Å². The first-order valence-electron chi connectivity index (χ1n) is 5.40. The molecule has 3 rings (SSSR count). The first kappa shape index (κ1) is 9.33. The number of H-pyrrole nitrogens is 1. The molecule has 0 saturated heterocycles. The van der Waals surface area contributed by atoms with Gasteiger partial charge in [-0.15, -0.1) is 0 Å². The van der Waals surface area contributed by atoms with Crippen molar-refractivity contribution < 1.29 is 4.74 Å². The molecular weight excluding hydrogens is 204 g/mol. The molecule has 2 aromatic heterocycles. The van der Waals surface area contributed by atoms with Crippen LogP contribution in [0, 0.1) is 0 Å². The molecule has 0 amide bonds. The topological polar surface area (TPSA) is 63.7 Å². The molecule has 0 bridgehead atoms. The predicted octanol–water partition coefficient (Wildman–Crippen LogP) is 1.36. The van der Waals surface area contributed by atoms with E-state index in [0.29, 0.717) is 12.6 Å². The molecule has 0 radical (unpaired) electrons. The standard InChI is InChI=1S/C11H12N4O/c1-2-16-11-12-5-7-3-4-8-6-13-15-10(8)9(7)14-11/h5-6H,2-4H2,1H3,(H,13,15). The zero-order valence-corrected chi connectivity index (χ0v) is 9.03. The van der Waals surface area contributed by atoms with Crippen LogP contribution >= 0.6 is 0 Å². The van der Waals surface area contributed by atoms with Crippen LogP contribution < -0.4 is 4.74 Å². The van der Waals surface area contributed by atoms with Gasteiger partial charge in [-0.1, -0.05) is 0 Å². The molecule has 0 fully saturated rings. The van der Waals surface area contributed by atoms with Crippen molar-refractivity contribution in [2.75, 3.05) is 6.61 Å². The minimum atomic E-state index is 0.434. The van der Waals surface area contributed by atoms with Gasteiger partial charge in [-0.05, 0) is 30.9 Å². The fourth-order valence-electron chi connectivity index (χ4n) is 1.96. The van der Waals surface area contributed by atoms with Gasteiger partial charge in [0.2, 0.25) is 0 Å². The summed E-state index contributed by atoms with van der Waals surface area (Å²) in [5.74, 6) is 0. The highest BCUT2D eigenvalue weighted by Gasteiger charge is 2.20. The number of hydrogen-bond donors (Lipinski definition) is 1. The molecule has 0 saturated carbocycles. The second-order valence-corrected chi connectivity index (χ2v) is 3.73. The number of fused-ring (bicyclic) bond motifs is 3. The molecular formula is C11H12N4O. The van der Waals surface area contributed by atoms with E-state index in [0.717, 1.165) is 29.8 Å². The smallest absolute Gasteiger partial charge is 0.316 e. The van der Waals surface area contributed by atoms with Gasteiger partial charge in [-0.2, -0.15) is 10.1 Å². The molecule has 2 heterocycles. The third-order valence-corrected chi connectivity index (χ3v) is 2.73. The fourth-order valence-corrected chi connectivity index (χ4v) is 1.96. The van der Waals surface area contributed by atoms with E-state index in [2.05, 4.69) is 20.2 Å². The molecule has 2 aromatic rings. The van der Waals surface area contributed by atoms with E-state index >= 15 is 0 Å². The lowest BCUT2D eigenvalue weighted by atomic mass is 9.96. The number of nitrogens with one attached hydrogen (secondary N) is 1. The van der Waals surface area contributed by atoms with Gasteiger partial charge in [-0.3, -0.25) is 5.10 Å². The van der Waals surface area contributed by atoms with Crippen molar-refractivity contribution in [1.82, 2.24) is 20.2 Å². The first-order valence-corrected chi connectivity index (χ1v) is 5.40. The molecule has 16 heavy (non-hydrogen) atoms. The number of hydrogen-bond acceptors (Lipinski definition) is 4. The second kappa shape index (κ2) is 3.59. The van der Waals surface area contributed by atoms with Gasteiger partial charge in [0.1, 0.15) is 0 Å². The lowest BCUT2D eigenvalue weighted by molar-refractivity contribution is 0.312. The van der Waals surface area contributed by atoms with Crippen molar-refractivity contribution in [1.29, 1.82) is 0 Å². The summed E-state index contributed by atoms with van der Waals surface area (Å²) in [5, 5.41) is 7.04. The highest BCUT2D eigenvalue weighted by Crippen LogP contribution is 2.30. The summed E-state index contributed by atoms with van der Waals surface area (Å²) in [6.07, 6.45) is 5.67. The van der Waals surface area contributed by atoms with Crippen molar-refractivity contribution in [3.05, 3.63) is 23.5 Å². The van der Waals surface area contributed by atoms with Crippen molar-refractivity contribution >= 4 is 0 Å². The number of aryl methyl sites for hydroxylation is 2. The van der Waals surface area contributed by atoms with Crippen LogP contribution in [0.2, 0.25) is 0 Å². The maximum Gasteiger partial charge on any atom is 0.316 e. The number of rotatable bonds is 2. The van der Waals surface area contributed by atoms with Crippen LogP contribution in [0.3, 0.4) is 0 Å². The Hall–Kier alpha value is -1.91. The lowest BCUT2D eigenvalue weighted by Crippen LogP contribution is -2.07. The lowest BCUT2D eigenvalue weighted by Gasteiger charge is -2.14. The van der Waals surface area contributed by atoms with Gasteiger partial charge in [-0.25, -0.2) is 4.98 Å². The van der Waals surface area contributed by atoms with Gasteiger partial charge in [0.15, 0.2) is 0 Å². The van der Waals surface area contributed by atoms with Gasteiger partial charge < -0.3 is 4.74 Å². The molecule has 0 aliphatic heterocycles. The quantitative estimate of drug-likeness (QED) is 0.823. The number of aromatic amines is 1. The zero-order chi connectivity index (χ0) is 11.0. The Morgan fingerprint density at radius 3 is 3.06 bits per heavy atom. The summed E-state index contributed by atoms with van der Waals surface area (Å²) in [6, 6.07) is 0.434. The highest BCUT2D eigenvalue weighted by atomic mass is 16.5. The largest absolute Gasteiger partial charge is 0.464 e. The summed E-state index contributed by atoms with van der Waals surface area (Å²) in [7, 11) is 0. The Bertz CT molecular complexity index is 520. The summed E-state index contributed by atoms with van der Waals surface area (Å²) < 4.78 is 5.31. The summed E-state index contributed by atoms with van der Waals surface area (Å²) in [5.41, 5.74) is 4.30. The molecule has 1 aliphatic rings. The summed E-state index contributed by atoms with van der Waals surface area (Å²) in [4.78, 5) is 8.58. The van der Waals surface area contributed by atoms with E-state index in [4.69, 9.17) is 4.74 Å². The van der Waals surface area contributed by atoms with Crippen molar-refractivity contribution in [3.8, 4) is 17.4 Å². The maximum atomic E-state index is 5.31. The second-order valence-electron chi connectivity index (χ2n) is 3.73. The van der Waals surface area contributed by atoms with Crippen molar-refractivity contribution in [3.63, 3.8) is 0 Å². The monoisotopic (exact) mass is 216 g/mol. The molecule has 1 aliphatic carbocycles. The van der Waals surface area contributed by atoms with Crippen LogP contribution in [0.5, 0.6) is 6.01 Å². The normalized spacial score (nSPS) is 13.1. The van der Waals surface area contributed by atoms with Crippen LogP contribution in [0.15, 0.2) is 12.4 Å². The molecule has 82 valence electrons. The SMILES string of the molecule is CCOc1ncc2c(n1)-c1[nH]ncc1CC2. The molecule has 5 nitrogen and oxygen atoms in total. The average molecular weight is 216 g/mol. The molecule has 0 atom stereocenters. The maximum absolute atomic E-state index is 5.31. The van der Waals surface area contributed by atoms with Gasteiger partial charge in [0.05, 0.1) is 24.2 Å². The number of aromatic nitrogens is 4. The fraction of sp³-hybridized carbons (Fsp3) is 0.364. The highest BCUT2D eigenvalue weighted by molar-refractivity contribution is 5.64. The average Bonchev–Trinajstić information content (AvgIpc) is 2.78. The molecule has 0 aromatic carbocycles. The van der Waals surface area contributed by atoms with E-state index in [1.165, 1.54) is 5.56 Å². The van der Waals surface area contributed by atoms with Gasteiger partial charge in [0.25, 0.3) is 0 Å². The van der Waals surface area contributed by atoms with Gasteiger partial charge in [0, 0.05) is 6.20 Å². The Morgan fingerprint density at radius 1 is 1.31 bits per heavy atom. The van der Waals surface area contributed by atoms with E-state index in [1.807, 2.05) is 19.3 Å². The van der Waals surface area contributed by atoms with E-state index in [-0.39, 0.29) is 0 Å². The molecule has 5 heteroatoms. The molecule has 0 spiro atoms. The minimum absolute atomic E-state index is 0.434. The zero-order valence-electron chi connectivity index (χ0n) is 9.03. The van der Waals surface area contributed by atoms with E-state index < -0.39 is 0 Å². The summed E-state index contributed by atoms with van der Waals surface area (Å²) in [6.45, 7) is 2.50. The molecule has 0 unspecified atom stereocenters. The van der Waals surface area contributed by atoms with E-state index in [1.54, 1.807) is 0 Å². The third kappa shape index (κ3) is 1.36. The van der Waals surface area contributed by atoms with Gasteiger partial charge >= 0.3 is 6.01 Å². The van der Waals surface area contributed by atoms with Crippen LogP contribution in [0.25, 0.3) is 11.4 Å².